The minimum absolute atomic E-state index is 0.114. The van der Waals surface area contributed by atoms with Gasteiger partial charge in [-0.05, 0) is 125 Å². The van der Waals surface area contributed by atoms with Crippen LogP contribution in [0.3, 0.4) is 0 Å². The normalized spacial score (nSPS) is 38.5. The van der Waals surface area contributed by atoms with Crippen LogP contribution in [0.25, 0.3) is 0 Å². The molecule has 9 atom stereocenters. The highest BCUT2D eigenvalue weighted by Crippen LogP contribution is 2.68. The lowest BCUT2D eigenvalue weighted by molar-refractivity contribution is -0.165. The molecule has 4 saturated carbocycles. The van der Waals surface area contributed by atoms with Crippen molar-refractivity contribution in [1.82, 2.24) is 0 Å². The molecule has 0 heterocycles. The van der Waals surface area contributed by atoms with Crippen LogP contribution in [0.4, 0.5) is 0 Å². The first-order valence-corrected chi connectivity index (χ1v) is 15.7. The number of carbonyl (C=O) groups excluding carboxylic acids is 3. The van der Waals surface area contributed by atoms with Crippen molar-refractivity contribution in [3.8, 4) is 0 Å². The largest absolute Gasteiger partial charge is 0.459 e. The molecule has 4 aliphatic rings. The number of hydrogen-bond donors (Lipinski definition) is 0. The third kappa shape index (κ3) is 4.83. The molecule has 2 aromatic rings. The number of rotatable bonds is 6. The van der Waals surface area contributed by atoms with Crippen molar-refractivity contribution in [3.63, 3.8) is 0 Å². The summed E-state index contributed by atoms with van der Waals surface area (Å²) < 4.78 is 12.2. The zero-order chi connectivity index (χ0) is 28.8. The molecular formula is C36H44O5. The number of fused-ring (bicyclic) bond motifs is 5. The van der Waals surface area contributed by atoms with Gasteiger partial charge < -0.3 is 14.3 Å². The van der Waals surface area contributed by atoms with Gasteiger partial charge in [-0.3, -0.25) is 0 Å². The fourth-order valence-corrected chi connectivity index (χ4v) is 10.0. The van der Waals surface area contributed by atoms with E-state index in [0.29, 0.717) is 34.8 Å². The van der Waals surface area contributed by atoms with Crippen molar-refractivity contribution in [2.75, 3.05) is 0 Å². The van der Waals surface area contributed by atoms with Gasteiger partial charge in [0.05, 0.1) is 11.1 Å². The first-order valence-electron chi connectivity index (χ1n) is 15.7. The lowest BCUT2D eigenvalue weighted by Crippen LogP contribution is -2.58. The van der Waals surface area contributed by atoms with Gasteiger partial charge in [0.2, 0.25) is 0 Å². The summed E-state index contributed by atoms with van der Waals surface area (Å²) >= 11 is 0. The molecule has 0 radical (unpaired) electrons. The van der Waals surface area contributed by atoms with Crippen molar-refractivity contribution >= 4 is 18.2 Å². The number of ether oxygens (including phenoxy) is 2. The zero-order valence-electron chi connectivity index (χ0n) is 24.7. The van der Waals surface area contributed by atoms with Gasteiger partial charge in [-0.15, -0.1) is 0 Å². The van der Waals surface area contributed by atoms with Crippen molar-refractivity contribution in [2.45, 2.75) is 90.3 Å². The average Bonchev–Trinajstić information content (AvgIpc) is 3.35. The standard InChI is InChI=1S/C36H44O5/c1-24(40-32(38)25-10-6-4-7-11-25)29-16-17-30-28-15-14-27-22-34(2,41-33(39)26-12-8-5-9-13-26)20-21-36(27,23-37)31(28)18-19-35(29,30)3/h4-13,23-24,27-31H,14-22H2,1-3H3/t24?,27-,28+,29-,30+,31+,34-,35-,36-/m1/s1. The molecule has 4 aliphatic carbocycles. The van der Waals surface area contributed by atoms with E-state index in [1.54, 1.807) is 12.1 Å². The predicted octanol–water partition coefficient (Wildman–Crippen LogP) is 7.69. The molecule has 41 heavy (non-hydrogen) atoms. The predicted molar refractivity (Wildman–Crippen MR) is 157 cm³/mol. The van der Waals surface area contributed by atoms with Gasteiger partial charge in [-0.25, -0.2) is 9.59 Å². The highest BCUT2D eigenvalue weighted by molar-refractivity contribution is 5.90. The highest BCUT2D eigenvalue weighted by Gasteiger charge is 2.63. The van der Waals surface area contributed by atoms with Gasteiger partial charge in [-0.2, -0.15) is 0 Å². The zero-order valence-corrected chi connectivity index (χ0v) is 24.7. The van der Waals surface area contributed by atoms with Gasteiger partial charge in [-0.1, -0.05) is 43.3 Å². The number of aldehydes is 1. The molecule has 0 amide bonds. The van der Waals surface area contributed by atoms with Crippen LogP contribution < -0.4 is 0 Å². The quantitative estimate of drug-likeness (QED) is 0.270. The van der Waals surface area contributed by atoms with Crippen LogP contribution in [-0.2, 0) is 14.3 Å². The van der Waals surface area contributed by atoms with Crippen LogP contribution >= 0.6 is 0 Å². The SMILES string of the molecule is CC(OC(=O)c1ccccc1)[C@H]1CC[C@H]2[C@@H]3CC[C@@H]4C[C@](C)(OC(=O)c5ccccc5)CC[C@]4(C=O)[C@H]3CC[C@]12C. The molecule has 0 N–H and O–H groups in total. The third-order valence-corrected chi connectivity index (χ3v) is 12.0. The maximum Gasteiger partial charge on any atom is 0.338 e. The topological polar surface area (TPSA) is 69.7 Å². The van der Waals surface area contributed by atoms with E-state index >= 15 is 0 Å². The average molecular weight is 557 g/mol. The molecule has 0 spiro atoms. The Morgan fingerprint density at radius 3 is 2.12 bits per heavy atom. The summed E-state index contributed by atoms with van der Waals surface area (Å²) in [7, 11) is 0. The van der Waals surface area contributed by atoms with E-state index in [2.05, 4.69) is 20.8 Å². The molecular weight excluding hydrogens is 512 g/mol. The van der Waals surface area contributed by atoms with Crippen molar-refractivity contribution < 1.29 is 23.9 Å². The van der Waals surface area contributed by atoms with Crippen molar-refractivity contribution in [2.24, 2.45) is 40.4 Å². The number of benzene rings is 2. The molecule has 6 rings (SSSR count). The molecule has 218 valence electrons. The Bertz CT molecular complexity index is 1280. The fourth-order valence-electron chi connectivity index (χ4n) is 10.0. The van der Waals surface area contributed by atoms with Crippen molar-refractivity contribution in [1.29, 1.82) is 0 Å². The Hall–Kier alpha value is -2.95. The molecule has 0 bridgehead atoms. The van der Waals surface area contributed by atoms with Crippen LogP contribution in [0.1, 0.15) is 99.3 Å². The van der Waals surface area contributed by atoms with E-state index in [1.807, 2.05) is 48.5 Å². The summed E-state index contributed by atoms with van der Waals surface area (Å²) in [5.41, 5.74) is 0.426. The monoisotopic (exact) mass is 556 g/mol. The summed E-state index contributed by atoms with van der Waals surface area (Å²) in [5.74, 6) is 1.52. The van der Waals surface area contributed by atoms with Gasteiger partial charge in [0.15, 0.2) is 0 Å². The molecule has 1 unspecified atom stereocenters. The van der Waals surface area contributed by atoms with Gasteiger partial charge >= 0.3 is 11.9 Å². The number of carbonyl (C=O) groups is 3. The second-order valence-electron chi connectivity index (χ2n) is 14.0. The summed E-state index contributed by atoms with van der Waals surface area (Å²) in [5, 5.41) is 0. The van der Waals surface area contributed by atoms with E-state index in [1.165, 1.54) is 6.29 Å². The Morgan fingerprint density at radius 1 is 0.805 bits per heavy atom. The first kappa shape index (κ1) is 28.2. The Kier molecular flexibility index (Phi) is 7.36. The van der Waals surface area contributed by atoms with E-state index < -0.39 is 5.60 Å². The second kappa shape index (κ2) is 10.7. The van der Waals surface area contributed by atoms with Crippen molar-refractivity contribution in [3.05, 3.63) is 71.8 Å². The van der Waals surface area contributed by atoms with Crippen LogP contribution in [0, 0.1) is 40.4 Å². The maximum atomic E-state index is 13.1. The lowest BCUT2D eigenvalue weighted by atomic mass is 9.43. The molecule has 0 aromatic heterocycles. The molecule has 0 saturated heterocycles. The van der Waals surface area contributed by atoms with E-state index in [0.717, 1.165) is 57.8 Å². The molecule has 0 aliphatic heterocycles. The van der Waals surface area contributed by atoms with Crippen LogP contribution in [-0.4, -0.2) is 29.9 Å². The van der Waals surface area contributed by atoms with Crippen LogP contribution in [0.5, 0.6) is 0 Å². The van der Waals surface area contributed by atoms with Crippen LogP contribution in [0.15, 0.2) is 60.7 Å². The van der Waals surface area contributed by atoms with E-state index in [-0.39, 0.29) is 34.8 Å². The lowest BCUT2D eigenvalue weighted by Gasteiger charge is -2.61. The molecule has 4 fully saturated rings. The van der Waals surface area contributed by atoms with E-state index in [9.17, 15) is 14.4 Å². The van der Waals surface area contributed by atoms with Gasteiger partial charge in [0.25, 0.3) is 0 Å². The number of hydrogen-bond acceptors (Lipinski definition) is 5. The third-order valence-electron chi connectivity index (χ3n) is 12.0. The Labute approximate surface area is 244 Å². The van der Waals surface area contributed by atoms with E-state index in [4.69, 9.17) is 9.47 Å². The molecule has 5 nitrogen and oxygen atoms in total. The summed E-state index contributed by atoms with van der Waals surface area (Å²) in [6, 6.07) is 18.5. The highest BCUT2D eigenvalue weighted by atomic mass is 16.6. The summed E-state index contributed by atoms with van der Waals surface area (Å²) in [6.07, 6.45) is 9.90. The summed E-state index contributed by atoms with van der Waals surface area (Å²) in [4.78, 5) is 38.8. The van der Waals surface area contributed by atoms with Gasteiger partial charge in [0, 0.05) is 11.3 Å². The summed E-state index contributed by atoms with van der Waals surface area (Å²) in [6.45, 7) is 6.57. The Morgan fingerprint density at radius 2 is 1.46 bits per heavy atom. The number of esters is 2. The smallest absolute Gasteiger partial charge is 0.338 e. The Balaban J connectivity index is 1.16. The minimum Gasteiger partial charge on any atom is -0.459 e. The minimum atomic E-state index is -0.545. The second-order valence-corrected chi connectivity index (χ2v) is 14.0. The van der Waals surface area contributed by atoms with Crippen LogP contribution in [0.2, 0.25) is 0 Å². The molecule has 5 heteroatoms. The van der Waals surface area contributed by atoms with Gasteiger partial charge in [0.1, 0.15) is 18.0 Å². The fraction of sp³-hybridized carbons (Fsp3) is 0.583. The first-order chi connectivity index (χ1) is 19.7. The molecule has 2 aromatic carbocycles. The maximum absolute atomic E-state index is 13.1.